The molecular formula is C25H25N5O4S. The van der Waals surface area contributed by atoms with Crippen LogP contribution in [0, 0.1) is 14.9 Å². The molecule has 35 heavy (non-hydrogen) atoms. The van der Waals surface area contributed by atoms with Gasteiger partial charge in [-0.1, -0.05) is 30.3 Å². The van der Waals surface area contributed by atoms with E-state index in [-0.39, 0.29) is 5.69 Å². The summed E-state index contributed by atoms with van der Waals surface area (Å²) >= 11 is 5.82. The van der Waals surface area contributed by atoms with Gasteiger partial charge in [0.1, 0.15) is 0 Å². The predicted octanol–water partition coefficient (Wildman–Crippen LogP) is 5.09. The van der Waals surface area contributed by atoms with E-state index in [1.807, 2.05) is 60.1 Å². The number of nitrogens with zero attached hydrogens (tertiary/aromatic N) is 5. The second-order valence-electron chi connectivity index (χ2n) is 7.89. The lowest BCUT2D eigenvalue weighted by molar-refractivity contribution is -0.384. The van der Waals surface area contributed by atoms with Crippen LogP contribution in [0.25, 0.3) is 17.1 Å². The standard InChI is InChI=1S/C25H25N5O4S/c1-27(16-19-8-7-11-22(33-2)23(19)34-3)17-28-25(35)29(20-9-5-4-6-10-20)24(26-28)18-12-14-21(15-13-18)30(31)32/h4-15H,16-17H2,1-3H3. The summed E-state index contributed by atoms with van der Waals surface area (Å²) in [6.45, 7) is 0.992. The van der Waals surface area contributed by atoms with Crippen molar-refractivity contribution < 1.29 is 14.4 Å². The fourth-order valence-electron chi connectivity index (χ4n) is 3.88. The van der Waals surface area contributed by atoms with E-state index in [9.17, 15) is 10.1 Å². The molecule has 0 spiro atoms. The largest absolute Gasteiger partial charge is 0.493 e. The lowest BCUT2D eigenvalue weighted by Gasteiger charge is -2.19. The van der Waals surface area contributed by atoms with Crippen LogP contribution in [0.4, 0.5) is 5.69 Å². The number of para-hydroxylation sites is 2. The van der Waals surface area contributed by atoms with Crippen LogP contribution in [0.1, 0.15) is 5.56 Å². The Morgan fingerprint density at radius 1 is 1.00 bits per heavy atom. The van der Waals surface area contributed by atoms with Crippen LogP contribution in [0.2, 0.25) is 0 Å². The fourth-order valence-corrected chi connectivity index (χ4v) is 4.17. The Balaban J connectivity index is 1.70. The van der Waals surface area contributed by atoms with E-state index in [1.54, 1.807) is 31.0 Å². The average Bonchev–Trinajstić information content (AvgIpc) is 3.19. The van der Waals surface area contributed by atoms with Crippen LogP contribution < -0.4 is 9.47 Å². The quantitative estimate of drug-likeness (QED) is 0.183. The monoisotopic (exact) mass is 491 g/mol. The molecule has 0 aliphatic rings. The summed E-state index contributed by atoms with van der Waals surface area (Å²) in [4.78, 5) is 12.7. The van der Waals surface area contributed by atoms with Gasteiger partial charge in [-0.05, 0) is 49.6 Å². The van der Waals surface area contributed by atoms with Gasteiger partial charge in [0.25, 0.3) is 5.69 Å². The Bertz CT molecular complexity index is 1380. The van der Waals surface area contributed by atoms with E-state index in [2.05, 4.69) is 4.90 Å². The molecule has 4 aromatic rings. The van der Waals surface area contributed by atoms with Crippen molar-refractivity contribution in [2.45, 2.75) is 13.2 Å². The minimum Gasteiger partial charge on any atom is -0.493 e. The molecule has 1 aromatic heterocycles. The van der Waals surface area contributed by atoms with Crippen molar-refractivity contribution in [3.63, 3.8) is 0 Å². The smallest absolute Gasteiger partial charge is 0.269 e. The topological polar surface area (TPSA) is 87.6 Å². The minimum atomic E-state index is -0.423. The van der Waals surface area contributed by atoms with Crippen molar-refractivity contribution in [2.75, 3.05) is 21.3 Å². The van der Waals surface area contributed by atoms with Gasteiger partial charge in [-0.15, -0.1) is 5.10 Å². The van der Waals surface area contributed by atoms with E-state index < -0.39 is 4.92 Å². The van der Waals surface area contributed by atoms with Crippen LogP contribution in [0.5, 0.6) is 11.5 Å². The second kappa shape index (κ2) is 10.5. The molecule has 0 amide bonds. The number of nitro groups is 1. The SMILES string of the molecule is COc1cccc(CN(C)Cn2nc(-c3ccc([N+](=O)[O-])cc3)n(-c3ccccc3)c2=S)c1OC. The summed E-state index contributed by atoms with van der Waals surface area (Å²) in [5, 5.41) is 15.9. The zero-order valence-electron chi connectivity index (χ0n) is 19.6. The zero-order valence-corrected chi connectivity index (χ0v) is 20.4. The van der Waals surface area contributed by atoms with Gasteiger partial charge in [-0.3, -0.25) is 19.6 Å². The van der Waals surface area contributed by atoms with Gasteiger partial charge in [0.05, 0.1) is 25.8 Å². The third kappa shape index (κ3) is 5.08. The summed E-state index contributed by atoms with van der Waals surface area (Å²) in [6, 6.07) is 21.7. The third-order valence-corrected chi connectivity index (χ3v) is 5.88. The molecule has 0 fully saturated rings. The zero-order chi connectivity index (χ0) is 24.9. The lowest BCUT2D eigenvalue weighted by atomic mass is 10.1. The second-order valence-corrected chi connectivity index (χ2v) is 8.25. The Labute approximate surface area is 207 Å². The predicted molar refractivity (Wildman–Crippen MR) is 135 cm³/mol. The Kier molecular flexibility index (Phi) is 7.23. The minimum absolute atomic E-state index is 0.0185. The third-order valence-electron chi connectivity index (χ3n) is 5.49. The summed E-state index contributed by atoms with van der Waals surface area (Å²) in [5.74, 6) is 1.96. The average molecular weight is 492 g/mol. The van der Waals surface area contributed by atoms with E-state index in [1.165, 1.54) is 12.1 Å². The van der Waals surface area contributed by atoms with E-state index in [4.69, 9.17) is 26.8 Å². The maximum absolute atomic E-state index is 11.1. The molecule has 9 nitrogen and oxygen atoms in total. The summed E-state index contributed by atoms with van der Waals surface area (Å²) < 4.78 is 15.1. The number of aromatic nitrogens is 3. The molecule has 0 bridgehead atoms. The highest BCUT2D eigenvalue weighted by Crippen LogP contribution is 2.31. The molecule has 0 atom stereocenters. The highest BCUT2D eigenvalue weighted by molar-refractivity contribution is 7.71. The molecule has 4 rings (SSSR count). The van der Waals surface area contributed by atoms with Gasteiger partial charge in [0.2, 0.25) is 4.77 Å². The molecule has 0 unspecified atom stereocenters. The molecule has 0 saturated carbocycles. The number of benzene rings is 3. The number of methoxy groups -OCH3 is 2. The van der Waals surface area contributed by atoms with Crippen LogP contribution in [-0.4, -0.2) is 45.4 Å². The molecule has 3 aromatic carbocycles. The first-order valence-electron chi connectivity index (χ1n) is 10.8. The van der Waals surface area contributed by atoms with Gasteiger partial charge in [-0.25, -0.2) is 4.68 Å². The van der Waals surface area contributed by atoms with Gasteiger partial charge >= 0.3 is 0 Å². The van der Waals surface area contributed by atoms with E-state index >= 15 is 0 Å². The van der Waals surface area contributed by atoms with Crippen molar-refractivity contribution >= 4 is 17.9 Å². The normalized spacial score (nSPS) is 11.0. The maximum atomic E-state index is 11.1. The Morgan fingerprint density at radius 2 is 1.71 bits per heavy atom. The van der Waals surface area contributed by atoms with Crippen molar-refractivity contribution in [3.05, 3.63) is 93.2 Å². The van der Waals surface area contributed by atoms with Crippen LogP contribution in [-0.2, 0) is 13.2 Å². The summed E-state index contributed by atoms with van der Waals surface area (Å²) in [7, 11) is 5.20. The Morgan fingerprint density at radius 3 is 2.34 bits per heavy atom. The number of rotatable bonds is 9. The first kappa shape index (κ1) is 24.1. The van der Waals surface area contributed by atoms with Crippen molar-refractivity contribution in [2.24, 2.45) is 0 Å². The van der Waals surface area contributed by atoms with Crippen molar-refractivity contribution in [3.8, 4) is 28.6 Å². The molecule has 0 aliphatic heterocycles. The van der Waals surface area contributed by atoms with E-state index in [0.29, 0.717) is 35.3 Å². The number of hydrogen-bond acceptors (Lipinski definition) is 7. The van der Waals surface area contributed by atoms with Crippen LogP contribution in [0.15, 0.2) is 72.8 Å². The van der Waals surface area contributed by atoms with Gasteiger partial charge in [-0.2, -0.15) is 0 Å². The Hall–Kier alpha value is -4.02. The molecule has 1 heterocycles. The molecule has 0 aliphatic carbocycles. The van der Waals surface area contributed by atoms with Crippen molar-refractivity contribution in [1.82, 2.24) is 19.2 Å². The number of hydrogen-bond donors (Lipinski definition) is 0. The molecule has 0 radical (unpaired) electrons. The fraction of sp³-hybridized carbons (Fsp3) is 0.200. The lowest BCUT2D eigenvalue weighted by Crippen LogP contribution is -2.23. The molecule has 180 valence electrons. The van der Waals surface area contributed by atoms with Crippen molar-refractivity contribution in [1.29, 1.82) is 0 Å². The summed E-state index contributed by atoms with van der Waals surface area (Å²) in [6.07, 6.45) is 0. The van der Waals surface area contributed by atoms with Gasteiger partial charge < -0.3 is 9.47 Å². The number of ether oxygens (including phenoxy) is 2. The highest BCUT2D eigenvalue weighted by atomic mass is 32.1. The van der Waals surface area contributed by atoms with E-state index in [0.717, 1.165) is 16.8 Å². The van der Waals surface area contributed by atoms with Crippen LogP contribution in [0.3, 0.4) is 0 Å². The molecular weight excluding hydrogens is 466 g/mol. The molecule has 0 saturated heterocycles. The first-order valence-corrected chi connectivity index (χ1v) is 11.2. The van der Waals surface area contributed by atoms with Gasteiger partial charge in [0, 0.05) is 35.5 Å². The van der Waals surface area contributed by atoms with Gasteiger partial charge in [0.15, 0.2) is 17.3 Å². The number of non-ortho nitro benzene ring substituents is 1. The maximum Gasteiger partial charge on any atom is 0.269 e. The molecule has 10 heteroatoms. The molecule has 0 N–H and O–H groups in total. The highest BCUT2D eigenvalue weighted by Gasteiger charge is 2.18. The van der Waals surface area contributed by atoms with Crippen LogP contribution >= 0.6 is 12.2 Å². The first-order chi connectivity index (χ1) is 16.9. The number of nitro benzene ring substituents is 1. The summed E-state index contributed by atoms with van der Waals surface area (Å²) in [5.41, 5.74) is 2.57.